The molecule has 0 amide bonds. The minimum absolute atomic E-state index is 0.560. The number of carboxylic acid groups (broad SMARTS) is 1. The molecule has 12 heavy (non-hydrogen) atoms. The lowest BCUT2D eigenvalue weighted by Crippen LogP contribution is -2.21. The number of aryl methyl sites for hydroxylation is 1. The monoisotopic (exact) mass is 169 g/mol. The second-order valence-electron chi connectivity index (χ2n) is 2.62. The maximum Gasteiger partial charge on any atom is 0.325 e. The number of carboxylic acids is 1. The van der Waals surface area contributed by atoms with Crippen LogP contribution in [0, 0.1) is 6.92 Å². The van der Waals surface area contributed by atoms with Crippen molar-refractivity contribution in [1.82, 2.24) is 9.78 Å². The van der Waals surface area contributed by atoms with Crippen LogP contribution in [0.25, 0.3) is 0 Å². The molecule has 0 unspecified atom stereocenters. The predicted octanol–water partition coefficient (Wildman–Crippen LogP) is -0.187. The SMILES string of the molecule is Cc1c([C@@H](N)C(=O)O)cnn1C. The van der Waals surface area contributed by atoms with E-state index in [1.54, 1.807) is 18.7 Å². The second kappa shape index (κ2) is 2.94. The van der Waals surface area contributed by atoms with E-state index < -0.39 is 12.0 Å². The first-order valence-electron chi connectivity index (χ1n) is 3.51. The summed E-state index contributed by atoms with van der Waals surface area (Å²) >= 11 is 0. The Bertz CT molecular complexity index is 306. The summed E-state index contributed by atoms with van der Waals surface area (Å²) in [7, 11) is 1.74. The van der Waals surface area contributed by atoms with Gasteiger partial charge in [-0.3, -0.25) is 9.48 Å². The van der Waals surface area contributed by atoms with Crippen LogP contribution in [-0.2, 0) is 11.8 Å². The third kappa shape index (κ3) is 1.31. The zero-order chi connectivity index (χ0) is 9.30. The molecule has 0 spiro atoms. The molecule has 0 aromatic carbocycles. The van der Waals surface area contributed by atoms with Gasteiger partial charge in [-0.1, -0.05) is 0 Å². The Morgan fingerprint density at radius 3 is 2.75 bits per heavy atom. The van der Waals surface area contributed by atoms with Gasteiger partial charge in [-0.25, -0.2) is 0 Å². The summed E-state index contributed by atoms with van der Waals surface area (Å²) in [6, 6.07) is -0.973. The van der Waals surface area contributed by atoms with E-state index in [-0.39, 0.29) is 0 Å². The highest BCUT2D eigenvalue weighted by molar-refractivity contribution is 5.75. The van der Waals surface area contributed by atoms with Crippen molar-refractivity contribution < 1.29 is 9.90 Å². The minimum atomic E-state index is -1.04. The third-order valence-corrected chi connectivity index (χ3v) is 1.87. The molecule has 1 heterocycles. The zero-order valence-corrected chi connectivity index (χ0v) is 6.98. The van der Waals surface area contributed by atoms with Gasteiger partial charge in [-0.15, -0.1) is 0 Å². The molecule has 66 valence electrons. The van der Waals surface area contributed by atoms with Gasteiger partial charge in [0.2, 0.25) is 0 Å². The van der Waals surface area contributed by atoms with Crippen molar-refractivity contribution in [2.45, 2.75) is 13.0 Å². The van der Waals surface area contributed by atoms with Crippen LogP contribution in [0.4, 0.5) is 0 Å². The summed E-state index contributed by atoms with van der Waals surface area (Å²) < 4.78 is 1.60. The lowest BCUT2D eigenvalue weighted by molar-refractivity contribution is -0.138. The van der Waals surface area contributed by atoms with E-state index in [2.05, 4.69) is 5.10 Å². The molecule has 0 saturated carbocycles. The zero-order valence-electron chi connectivity index (χ0n) is 6.98. The molecule has 0 fully saturated rings. The molecule has 0 aliphatic heterocycles. The number of aromatic nitrogens is 2. The summed E-state index contributed by atoms with van der Waals surface area (Å²) in [6.07, 6.45) is 1.48. The number of hydrogen-bond donors (Lipinski definition) is 2. The summed E-state index contributed by atoms with van der Waals surface area (Å²) in [5.41, 5.74) is 6.74. The van der Waals surface area contributed by atoms with Crippen molar-refractivity contribution in [3.05, 3.63) is 17.5 Å². The van der Waals surface area contributed by atoms with Gasteiger partial charge < -0.3 is 10.8 Å². The predicted molar refractivity (Wildman–Crippen MR) is 42.5 cm³/mol. The average molecular weight is 169 g/mol. The molecule has 0 bridgehead atoms. The van der Waals surface area contributed by atoms with Gasteiger partial charge in [0.05, 0.1) is 6.20 Å². The van der Waals surface area contributed by atoms with Gasteiger partial charge in [0.25, 0.3) is 0 Å². The quantitative estimate of drug-likeness (QED) is 0.643. The molecule has 5 nitrogen and oxygen atoms in total. The van der Waals surface area contributed by atoms with Crippen LogP contribution in [0.3, 0.4) is 0 Å². The van der Waals surface area contributed by atoms with E-state index >= 15 is 0 Å². The molecule has 1 aromatic rings. The summed E-state index contributed by atoms with van der Waals surface area (Å²) in [4.78, 5) is 10.5. The maximum absolute atomic E-state index is 10.5. The Morgan fingerprint density at radius 1 is 1.83 bits per heavy atom. The van der Waals surface area contributed by atoms with Crippen molar-refractivity contribution in [2.75, 3.05) is 0 Å². The van der Waals surface area contributed by atoms with Gasteiger partial charge in [-0.2, -0.15) is 5.10 Å². The standard InChI is InChI=1S/C7H11N3O2/c1-4-5(3-9-10(4)2)6(8)7(11)12/h3,6H,8H2,1-2H3,(H,11,12)/t6-/m1/s1. The van der Waals surface area contributed by atoms with Crippen molar-refractivity contribution in [1.29, 1.82) is 0 Å². The molecule has 1 atom stereocenters. The molecule has 3 N–H and O–H groups in total. The fourth-order valence-corrected chi connectivity index (χ4v) is 0.954. The van der Waals surface area contributed by atoms with Crippen LogP contribution in [0.1, 0.15) is 17.3 Å². The number of hydrogen-bond acceptors (Lipinski definition) is 3. The Labute approximate surface area is 69.8 Å². The highest BCUT2D eigenvalue weighted by atomic mass is 16.4. The molecule has 0 radical (unpaired) electrons. The van der Waals surface area contributed by atoms with Gasteiger partial charge >= 0.3 is 5.97 Å². The Morgan fingerprint density at radius 2 is 2.42 bits per heavy atom. The smallest absolute Gasteiger partial charge is 0.325 e. The number of aliphatic carboxylic acids is 1. The largest absolute Gasteiger partial charge is 0.480 e. The molecular formula is C7H11N3O2. The first-order valence-corrected chi connectivity index (χ1v) is 3.51. The number of nitrogens with zero attached hydrogens (tertiary/aromatic N) is 2. The van der Waals surface area contributed by atoms with Crippen LogP contribution >= 0.6 is 0 Å². The molecule has 0 aliphatic carbocycles. The van der Waals surface area contributed by atoms with Crippen molar-refractivity contribution in [3.8, 4) is 0 Å². The van der Waals surface area contributed by atoms with Crippen LogP contribution < -0.4 is 5.73 Å². The Kier molecular flexibility index (Phi) is 2.14. The van der Waals surface area contributed by atoms with E-state index in [0.29, 0.717) is 5.56 Å². The van der Waals surface area contributed by atoms with Crippen LogP contribution in [0.2, 0.25) is 0 Å². The Hall–Kier alpha value is -1.36. The maximum atomic E-state index is 10.5. The highest BCUT2D eigenvalue weighted by Gasteiger charge is 2.18. The first-order chi connectivity index (χ1) is 5.54. The van der Waals surface area contributed by atoms with Crippen molar-refractivity contribution >= 4 is 5.97 Å². The van der Waals surface area contributed by atoms with Crippen molar-refractivity contribution in [2.24, 2.45) is 12.8 Å². The first kappa shape index (κ1) is 8.73. The molecule has 5 heteroatoms. The van der Waals surface area contributed by atoms with E-state index in [4.69, 9.17) is 10.8 Å². The number of carbonyl (C=O) groups is 1. The second-order valence-corrected chi connectivity index (χ2v) is 2.62. The van der Waals surface area contributed by atoms with Crippen LogP contribution in [-0.4, -0.2) is 20.9 Å². The molecular weight excluding hydrogens is 158 g/mol. The highest BCUT2D eigenvalue weighted by Crippen LogP contribution is 2.13. The normalized spacial score (nSPS) is 12.9. The van der Waals surface area contributed by atoms with Crippen molar-refractivity contribution in [3.63, 3.8) is 0 Å². The van der Waals surface area contributed by atoms with E-state index in [0.717, 1.165) is 5.69 Å². The fraction of sp³-hybridized carbons (Fsp3) is 0.429. The molecule has 1 rings (SSSR count). The lowest BCUT2D eigenvalue weighted by atomic mass is 10.1. The average Bonchev–Trinajstić information content (AvgIpc) is 2.32. The van der Waals surface area contributed by atoms with E-state index in [1.807, 2.05) is 0 Å². The number of rotatable bonds is 2. The van der Waals surface area contributed by atoms with Gasteiger partial charge in [0, 0.05) is 18.3 Å². The molecule has 0 saturated heterocycles. The molecule has 1 aromatic heterocycles. The molecule has 0 aliphatic rings. The van der Waals surface area contributed by atoms with E-state index in [9.17, 15) is 4.79 Å². The minimum Gasteiger partial charge on any atom is -0.480 e. The lowest BCUT2D eigenvalue weighted by Gasteiger charge is -2.04. The van der Waals surface area contributed by atoms with E-state index in [1.165, 1.54) is 6.20 Å². The number of nitrogens with two attached hydrogens (primary N) is 1. The van der Waals surface area contributed by atoms with Gasteiger partial charge in [0.1, 0.15) is 6.04 Å². The van der Waals surface area contributed by atoms with Gasteiger partial charge in [0.15, 0.2) is 0 Å². The van der Waals surface area contributed by atoms with Crippen LogP contribution in [0.5, 0.6) is 0 Å². The Balaban J connectivity index is 3.03. The fourth-order valence-electron chi connectivity index (χ4n) is 0.954. The summed E-state index contributed by atoms with van der Waals surface area (Å²) in [5, 5.41) is 12.5. The third-order valence-electron chi connectivity index (χ3n) is 1.87. The topological polar surface area (TPSA) is 81.1 Å². The summed E-state index contributed by atoms with van der Waals surface area (Å²) in [5.74, 6) is -1.04. The van der Waals surface area contributed by atoms with Gasteiger partial charge in [-0.05, 0) is 6.92 Å². The summed E-state index contributed by atoms with van der Waals surface area (Å²) in [6.45, 7) is 1.78. The van der Waals surface area contributed by atoms with Crippen LogP contribution in [0.15, 0.2) is 6.20 Å².